The van der Waals surface area contributed by atoms with Crippen molar-refractivity contribution in [3.8, 4) is 5.75 Å². The highest BCUT2D eigenvalue weighted by atomic mass is 19.1. The van der Waals surface area contributed by atoms with E-state index in [9.17, 15) is 14.0 Å². The number of nitrogens with one attached hydrogen (secondary N) is 1. The molecular formula is C19H19FN2O3. The van der Waals surface area contributed by atoms with Gasteiger partial charge in [-0.25, -0.2) is 4.39 Å². The number of benzene rings is 2. The van der Waals surface area contributed by atoms with Gasteiger partial charge in [-0.05, 0) is 48.4 Å². The molecule has 0 saturated carbocycles. The summed E-state index contributed by atoms with van der Waals surface area (Å²) in [6.45, 7) is 0.777. The summed E-state index contributed by atoms with van der Waals surface area (Å²) in [5, 5.41) is 2.52. The first-order valence-corrected chi connectivity index (χ1v) is 8.09. The SMILES string of the molecule is CNC(=O)[C@@H]1CCN(c2ccc(OCc3cccc(F)c3)cc2)C1=O. The Morgan fingerprint density at radius 3 is 2.72 bits per heavy atom. The molecule has 25 heavy (non-hydrogen) atoms. The van der Waals surface area contributed by atoms with Crippen molar-refractivity contribution in [1.29, 1.82) is 0 Å². The third kappa shape index (κ3) is 3.79. The number of amides is 2. The zero-order valence-corrected chi connectivity index (χ0v) is 13.9. The Bertz CT molecular complexity index is 776. The molecule has 1 atom stereocenters. The van der Waals surface area contributed by atoms with Crippen molar-refractivity contribution in [2.75, 3.05) is 18.5 Å². The molecule has 1 saturated heterocycles. The molecule has 130 valence electrons. The largest absolute Gasteiger partial charge is 0.489 e. The number of hydrogen-bond donors (Lipinski definition) is 1. The topological polar surface area (TPSA) is 58.6 Å². The number of ether oxygens (including phenoxy) is 1. The summed E-state index contributed by atoms with van der Waals surface area (Å²) >= 11 is 0. The van der Waals surface area contributed by atoms with E-state index < -0.39 is 5.92 Å². The lowest BCUT2D eigenvalue weighted by atomic mass is 10.1. The smallest absolute Gasteiger partial charge is 0.239 e. The maximum Gasteiger partial charge on any atom is 0.239 e. The Hall–Kier alpha value is -2.89. The first-order chi connectivity index (χ1) is 12.1. The van der Waals surface area contributed by atoms with Gasteiger partial charge in [-0.2, -0.15) is 0 Å². The monoisotopic (exact) mass is 342 g/mol. The van der Waals surface area contributed by atoms with E-state index in [0.717, 1.165) is 11.3 Å². The summed E-state index contributed by atoms with van der Waals surface area (Å²) in [6, 6.07) is 13.3. The molecule has 0 aliphatic carbocycles. The van der Waals surface area contributed by atoms with Gasteiger partial charge in [0.1, 0.15) is 24.1 Å². The van der Waals surface area contributed by atoms with E-state index in [1.807, 2.05) is 0 Å². The van der Waals surface area contributed by atoms with Gasteiger partial charge < -0.3 is 15.0 Å². The molecule has 1 N–H and O–H groups in total. The van der Waals surface area contributed by atoms with Gasteiger partial charge in [0.2, 0.25) is 11.8 Å². The molecule has 1 aliphatic rings. The van der Waals surface area contributed by atoms with E-state index in [1.165, 1.54) is 19.2 Å². The Kier molecular flexibility index (Phi) is 4.97. The zero-order valence-electron chi connectivity index (χ0n) is 13.9. The van der Waals surface area contributed by atoms with Crippen molar-refractivity contribution in [1.82, 2.24) is 5.32 Å². The zero-order chi connectivity index (χ0) is 17.8. The van der Waals surface area contributed by atoms with E-state index in [2.05, 4.69) is 5.32 Å². The summed E-state index contributed by atoms with van der Waals surface area (Å²) in [5.41, 5.74) is 1.47. The number of halogens is 1. The van der Waals surface area contributed by atoms with Crippen LogP contribution in [0.15, 0.2) is 48.5 Å². The fourth-order valence-corrected chi connectivity index (χ4v) is 2.87. The molecule has 0 bridgehead atoms. The second kappa shape index (κ2) is 7.34. The quantitative estimate of drug-likeness (QED) is 0.850. The number of anilines is 1. The van der Waals surface area contributed by atoms with Crippen molar-refractivity contribution in [2.24, 2.45) is 5.92 Å². The first kappa shape index (κ1) is 17.0. The lowest BCUT2D eigenvalue weighted by Gasteiger charge is -2.17. The lowest BCUT2D eigenvalue weighted by molar-refractivity contribution is -0.131. The van der Waals surface area contributed by atoms with Gasteiger partial charge in [0.15, 0.2) is 0 Å². The van der Waals surface area contributed by atoms with Crippen LogP contribution < -0.4 is 15.0 Å². The predicted octanol–water partition coefficient (Wildman–Crippen LogP) is 2.50. The molecule has 1 heterocycles. The summed E-state index contributed by atoms with van der Waals surface area (Å²) in [7, 11) is 1.53. The van der Waals surface area contributed by atoms with Crippen molar-refractivity contribution < 1.29 is 18.7 Å². The molecule has 2 amide bonds. The van der Waals surface area contributed by atoms with Gasteiger partial charge in [-0.1, -0.05) is 12.1 Å². The highest BCUT2D eigenvalue weighted by Crippen LogP contribution is 2.27. The van der Waals surface area contributed by atoms with E-state index in [4.69, 9.17) is 4.74 Å². The normalized spacial score (nSPS) is 16.8. The Morgan fingerprint density at radius 1 is 1.28 bits per heavy atom. The predicted molar refractivity (Wildman–Crippen MR) is 91.7 cm³/mol. The molecular weight excluding hydrogens is 323 g/mol. The fraction of sp³-hybridized carbons (Fsp3) is 0.263. The molecule has 5 nitrogen and oxygen atoms in total. The maximum absolute atomic E-state index is 13.1. The third-order valence-corrected chi connectivity index (χ3v) is 4.21. The van der Waals surface area contributed by atoms with Crippen LogP contribution in [0.2, 0.25) is 0 Å². The molecule has 2 aromatic carbocycles. The van der Waals surface area contributed by atoms with Crippen LogP contribution in [0.1, 0.15) is 12.0 Å². The van der Waals surface area contributed by atoms with Crippen molar-refractivity contribution in [2.45, 2.75) is 13.0 Å². The number of hydrogen-bond acceptors (Lipinski definition) is 3. The molecule has 0 radical (unpaired) electrons. The molecule has 0 spiro atoms. The molecule has 6 heteroatoms. The molecule has 1 fully saturated rings. The summed E-state index contributed by atoms with van der Waals surface area (Å²) in [5.74, 6) is -0.721. The van der Waals surface area contributed by atoms with Crippen LogP contribution in [0, 0.1) is 11.7 Å². The average Bonchev–Trinajstić information content (AvgIpc) is 3.01. The van der Waals surface area contributed by atoms with Crippen LogP contribution in [0.3, 0.4) is 0 Å². The van der Waals surface area contributed by atoms with Gasteiger partial charge in [-0.3, -0.25) is 9.59 Å². The number of carbonyl (C=O) groups is 2. The fourth-order valence-electron chi connectivity index (χ4n) is 2.87. The Morgan fingerprint density at radius 2 is 2.04 bits per heavy atom. The maximum atomic E-state index is 13.1. The summed E-state index contributed by atoms with van der Waals surface area (Å²) < 4.78 is 18.8. The standard InChI is InChI=1S/C19H19FN2O3/c1-21-18(23)17-9-10-22(19(17)24)15-5-7-16(8-6-15)25-12-13-3-2-4-14(20)11-13/h2-8,11,17H,9-10,12H2,1H3,(H,21,23)/t17-/m0/s1. The van der Waals surface area contributed by atoms with Crippen molar-refractivity contribution >= 4 is 17.5 Å². The van der Waals surface area contributed by atoms with Gasteiger partial charge in [-0.15, -0.1) is 0 Å². The van der Waals surface area contributed by atoms with Crippen LogP contribution in [-0.2, 0) is 16.2 Å². The highest BCUT2D eigenvalue weighted by Gasteiger charge is 2.36. The van der Waals surface area contributed by atoms with Gasteiger partial charge in [0, 0.05) is 19.3 Å². The average molecular weight is 342 g/mol. The molecule has 0 unspecified atom stereocenters. The number of nitrogens with zero attached hydrogens (tertiary/aromatic N) is 1. The summed E-state index contributed by atoms with van der Waals surface area (Å²) in [6.07, 6.45) is 0.510. The van der Waals surface area contributed by atoms with E-state index >= 15 is 0 Å². The summed E-state index contributed by atoms with van der Waals surface area (Å²) in [4.78, 5) is 25.6. The highest BCUT2D eigenvalue weighted by molar-refractivity contribution is 6.09. The van der Waals surface area contributed by atoms with Gasteiger partial charge in [0.25, 0.3) is 0 Å². The number of carbonyl (C=O) groups excluding carboxylic acids is 2. The molecule has 2 aromatic rings. The molecule has 1 aliphatic heterocycles. The number of rotatable bonds is 5. The first-order valence-electron chi connectivity index (χ1n) is 8.09. The van der Waals surface area contributed by atoms with Crippen LogP contribution in [-0.4, -0.2) is 25.4 Å². The van der Waals surface area contributed by atoms with Crippen LogP contribution in [0.5, 0.6) is 5.75 Å². The van der Waals surface area contributed by atoms with E-state index in [-0.39, 0.29) is 24.2 Å². The molecule has 0 aromatic heterocycles. The van der Waals surface area contributed by atoms with Gasteiger partial charge >= 0.3 is 0 Å². The minimum absolute atomic E-state index is 0.187. The minimum atomic E-state index is -0.617. The van der Waals surface area contributed by atoms with E-state index in [0.29, 0.717) is 18.7 Å². The third-order valence-electron chi connectivity index (χ3n) is 4.21. The second-order valence-corrected chi connectivity index (χ2v) is 5.86. The molecule has 3 rings (SSSR count). The van der Waals surface area contributed by atoms with Crippen molar-refractivity contribution in [3.63, 3.8) is 0 Å². The van der Waals surface area contributed by atoms with Crippen LogP contribution in [0.25, 0.3) is 0 Å². The minimum Gasteiger partial charge on any atom is -0.489 e. The van der Waals surface area contributed by atoms with Crippen molar-refractivity contribution in [3.05, 3.63) is 59.9 Å². The van der Waals surface area contributed by atoms with Gasteiger partial charge in [0.05, 0.1) is 0 Å². The second-order valence-electron chi connectivity index (χ2n) is 5.86. The van der Waals surface area contributed by atoms with Crippen LogP contribution in [0.4, 0.5) is 10.1 Å². The Balaban J connectivity index is 1.63. The Labute approximate surface area is 145 Å². The lowest BCUT2D eigenvalue weighted by Crippen LogP contribution is -2.35. The van der Waals surface area contributed by atoms with Crippen LogP contribution >= 0.6 is 0 Å². The van der Waals surface area contributed by atoms with E-state index in [1.54, 1.807) is 41.3 Å².